The second kappa shape index (κ2) is 5.00. The number of rotatable bonds is 2. The Balaban J connectivity index is 2.62. The standard InChI is InChI=1S/C13H25NO/c1-5-12(15)14-11-9-7-6-8-10(11)13(2,3)4/h10-11H,5-9H2,1-4H3,(H,14,15)/t10-,11-/m0/s1. The average molecular weight is 211 g/mol. The first-order chi connectivity index (χ1) is 6.95. The average Bonchev–Trinajstić information content (AvgIpc) is 2.17. The summed E-state index contributed by atoms with van der Waals surface area (Å²) in [7, 11) is 0. The van der Waals surface area contributed by atoms with E-state index in [2.05, 4.69) is 26.1 Å². The lowest BCUT2D eigenvalue weighted by atomic mass is 9.69. The molecule has 1 saturated carbocycles. The Morgan fingerprint density at radius 1 is 1.27 bits per heavy atom. The summed E-state index contributed by atoms with van der Waals surface area (Å²) < 4.78 is 0. The fourth-order valence-corrected chi connectivity index (χ4v) is 2.65. The molecule has 0 heterocycles. The van der Waals surface area contributed by atoms with Gasteiger partial charge >= 0.3 is 0 Å². The van der Waals surface area contributed by atoms with E-state index in [4.69, 9.17) is 0 Å². The van der Waals surface area contributed by atoms with E-state index in [9.17, 15) is 4.79 Å². The van der Waals surface area contributed by atoms with Crippen LogP contribution in [0.15, 0.2) is 0 Å². The Labute approximate surface area is 93.8 Å². The molecule has 1 amide bonds. The van der Waals surface area contributed by atoms with Crippen molar-refractivity contribution in [3.63, 3.8) is 0 Å². The van der Waals surface area contributed by atoms with E-state index in [1.807, 2.05) is 6.92 Å². The van der Waals surface area contributed by atoms with Crippen molar-refractivity contribution in [1.29, 1.82) is 0 Å². The zero-order valence-electron chi connectivity index (χ0n) is 10.6. The molecule has 1 aliphatic carbocycles. The van der Waals surface area contributed by atoms with Crippen molar-refractivity contribution in [1.82, 2.24) is 5.32 Å². The topological polar surface area (TPSA) is 29.1 Å². The molecule has 0 aromatic carbocycles. The minimum Gasteiger partial charge on any atom is -0.353 e. The molecule has 0 aliphatic heterocycles. The number of amides is 1. The van der Waals surface area contributed by atoms with Gasteiger partial charge < -0.3 is 5.32 Å². The van der Waals surface area contributed by atoms with Gasteiger partial charge in [0.25, 0.3) is 0 Å². The first kappa shape index (κ1) is 12.5. The maximum atomic E-state index is 11.4. The van der Waals surface area contributed by atoms with Crippen LogP contribution in [-0.4, -0.2) is 11.9 Å². The molecule has 2 nitrogen and oxygen atoms in total. The van der Waals surface area contributed by atoms with Crippen LogP contribution in [0.1, 0.15) is 59.8 Å². The lowest BCUT2D eigenvalue weighted by Gasteiger charge is -2.40. The molecule has 0 spiro atoms. The number of carbonyl (C=O) groups is 1. The highest BCUT2D eigenvalue weighted by molar-refractivity contribution is 5.75. The molecule has 88 valence electrons. The molecule has 1 rings (SSSR count). The zero-order chi connectivity index (χ0) is 11.5. The van der Waals surface area contributed by atoms with Gasteiger partial charge in [-0.05, 0) is 24.2 Å². The van der Waals surface area contributed by atoms with Crippen molar-refractivity contribution < 1.29 is 4.79 Å². The molecule has 0 unspecified atom stereocenters. The highest BCUT2D eigenvalue weighted by atomic mass is 16.1. The summed E-state index contributed by atoms with van der Waals surface area (Å²) in [5, 5.41) is 3.19. The minimum atomic E-state index is 0.205. The summed E-state index contributed by atoms with van der Waals surface area (Å²) in [5.41, 5.74) is 0.312. The summed E-state index contributed by atoms with van der Waals surface area (Å²) in [6, 6.07) is 0.409. The van der Waals surface area contributed by atoms with Crippen molar-refractivity contribution in [3.05, 3.63) is 0 Å². The molecule has 1 N–H and O–H groups in total. The second-order valence-corrected chi connectivity index (χ2v) is 5.78. The third kappa shape index (κ3) is 3.51. The largest absolute Gasteiger partial charge is 0.353 e. The van der Waals surface area contributed by atoms with Gasteiger partial charge in [0.2, 0.25) is 5.91 Å². The predicted octanol–water partition coefficient (Wildman–Crippen LogP) is 3.12. The lowest BCUT2D eigenvalue weighted by Crippen LogP contribution is -2.46. The van der Waals surface area contributed by atoms with E-state index in [0.717, 1.165) is 6.42 Å². The van der Waals surface area contributed by atoms with Crippen molar-refractivity contribution in [2.75, 3.05) is 0 Å². The fraction of sp³-hybridized carbons (Fsp3) is 0.923. The highest BCUT2D eigenvalue weighted by Gasteiger charge is 2.34. The maximum Gasteiger partial charge on any atom is 0.219 e. The Hall–Kier alpha value is -0.530. The monoisotopic (exact) mass is 211 g/mol. The molecule has 0 aromatic rings. The Bertz CT molecular complexity index is 217. The fourth-order valence-electron chi connectivity index (χ4n) is 2.65. The molecule has 0 bridgehead atoms. The Morgan fingerprint density at radius 3 is 2.40 bits per heavy atom. The van der Waals surface area contributed by atoms with Crippen molar-refractivity contribution in [2.45, 2.75) is 65.8 Å². The number of hydrogen-bond acceptors (Lipinski definition) is 1. The Morgan fingerprint density at radius 2 is 1.87 bits per heavy atom. The normalized spacial score (nSPS) is 27.5. The van der Waals surface area contributed by atoms with Crippen molar-refractivity contribution in [3.8, 4) is 0 Å². The number of carbonyl (C=O) groups excluding carboxylic acids is 1. The van der Waals surface area contributed by atoms with Crippen LogP contribution in [0.5, 0.6) is 0 Å². The van der Waals surface area contributed by atoms with Crippen LogP contribution in [0.4, 0.5) is 0 Å². The van der Waals surface area contributed by atoms with Gasteiger partial charge in [-0.3, -0.25) is 4.79 Å². The van der Waals surface area contributed by atoms with E-state index in [1.165, 1.54) is 19.3 Å². The minimum absolute atomic E-state index is 0.205. The third-order valence-electron chi connectivity index (χ3n) is 3.55. The van der Waals surface area contributed by atoms with Crippen molar-refractivity contribution >= 4 is 5.91 Å². The third-order valence-corrected chi connectivity index (χ3v) is 3.55. The maximum absolute atomic E-state index is 11.4. The van der Waals surface area contributed by atoms with Gasteiger partial charge in [0.15, 0.2) is 0 Å². The van der Waals surface area contributed by atoms with Gasteiger partial charge in [0.05, 0.1) is 0 Å². The number of nitrogens with one attached hydrogen (secondary N) is 1. The molecule has 0 saturated heterocycles. The molecule has 1 aliphatic rings. The first-order valence-corrected chi connectivity index (χ1v) is 6.24. The van der Waals surface area contributed by atoms with Crippen LogP contribution in [0.3, 0.4) is 0 Å². The van der Waals surface area contributed by atoms with Gasteiger partial charge in [0.1, 0.15) is 0 Å². The molecular weight excluding hydrogens is 186 g/mol. The second-order valence-electron chi connectivity index (χ2n) is 5.78. The summed E-state index contributed by atoms with van der Waals surface area (Å²) >= 11 is 0. The van der Waals surface area contributed by atoms with Gasteiger partial charge in [-0.15, -0.1) is 0 Å². The van der Waals surface area contributed by atoms with Crippen LogP contribution in [-0.2, 0) is 4.79 Å². The molecule has 0 radical (unpaired) electrons. The summed E-state index contributed by atoms with van der Waals surface area (Å²) in [6.07, 6.45) is 5.61. The SMILES string of the molecule is CCC(=O)N[C@H]1CCCC[C@@H]1C(C)(C)C. The van der Waals surface area contributed by atoms with Crippen LogP contribution in [0.25, 0.3) is 0 Å². The summed E-state index contributed by atoms with van der Waals surface area (Å²) in [5.74, 6) is 0.845. The zero-order valence-corrected chi connectivity index (χ0v) is 10.6. The van der Waals surface area contributed by atoms with Crippen molar-refractivity contribution in [2.24, 2.45) is 11.3 Å². The summed E-state index contributed by atoms with van der Waals surface area (Å²) in [4.78, 5) is 11.4. The van der Waals surface area contributed by atoms with E-state index in [0.29, 0.717) is 23.8 Å². The molecule has 2 atom stereocenters. The van der Waals surface area contributed by atoms with E-state index >= 15 is 0 Å². The lowest BCUT2D eigenvalue weighted by molar-refractivity contribution is -0.122. The van der Waals surface area contributed by atoms with E-state index < -0.39 is 0 Å². The first-order valence-electron chi connectivity index (χ1n) is 6.24. The van der Waals surface area contributed by atoms with Gasteiger partial charge in [-0.1, -0.05) is 40.5 Å². The van der Waals surface area contributed by atoms with Crippen LogP contribution >= 0.6 is 0 Å². The quantitative estimate of drug-likeness (QED) is 0.747. The van der Waals surface area contributed by atoms with Gasteiger partial charge in [-0.25, -0.2) is 0 Å². The molecule has 2 heteroatoms. The predicted molar refractivity (Wildman–Crippen MR) is 63.6 cm³/mol. The molecule has 0 aromatic heterocycles. The van der Waals surface area contributed by atoms with E-state index in [-0.39, 0.29) is 5.91 Å². The number of hydrogen-bond donors (Lipinski definition) is 1. The Kier molecular flexibility index (Phi) is 4.18. The van der Waals surface area contributed by atoms with Crippen LogP contribution in [0, 0.1) is 11.3 Å². The molecular formula is C13H25NO. The summed E-state index contributed by atoms with van der Waals surface area (Å²) in [6.45, 7) is 8.78. The smallest absolute Gasteiger partial charge is 0.219 e. The van der Waals surface area contributed by atoms with E-state index in [1.54, 1.807) is 0 Å². The van der Waals surface area contributed by atoms with Crippen LogP contribution in [0.2, 0.25) is 0 Å². The van der Waals surface area contributed by atoms with Crippen LogP contribution < -0.4 is 5.32 Å². The van der Waals surface area contributed by atoms with Gasteiger partial charge in [-0.2, -0.15) is 0 Å². The van der Waals surface area contributed by atoms with Gasteiger partial charge in [0, 0.05) is 12.5 Å². The molecule has 15 heavy (non-hydrogen) atoms. The molecule has 1 fully saturated rings. The highest BCUT2D eigenvalue weighted by Crippen LogP contribution is 2.37.